The number of ether oxygens (including phenoxy) is 1. The third kappa shape index (κ3) is 4.91. The molecular weight excluding hydrogens is 351 g/mol. The molecule has 1 saturated carbocycles. The minimum atomic E-state index is -0.385. The van der Waals surface area contributed by atoms with E-state index in [2.05, 4.69) is 30.1 Å². The first kappa shape index (κ1) is 20.4. The first-order valence-corrected chi connectivity index (χ1v) is 10.1. The van der Waals surface area contributed by atoms with E-state index in [-0.39, 0.29) is 11.2 Å². The van der Waals surface area contributed by atoms with Crippen LogP contribution in [0.2, 0.25) is 0 Å². The van der Waals surface area contributed by atoms with Crippen LogP contribution in [-0.4, -0.2) is 32.1 Å². The smallest absolute Gasteiger partial charge is 0.123 e. The van der Waals surface area contributed by atoms with Crippen molar-refractivity contribution in [3.63, 3.8) is 0 Å². The Labute approximate surface area is 167 Å². The molecule has 0 N–H and O–H groups in total. The highest BCUT2D eigenvalue weighted by molar-refractivity contribution is 5.39. The molecule has 0 saturated heterocycles. The molecule has 28 heavy (non-hydrogen) atoms. The number of benzene rings is 2. The van der Waals surface area contributed by atoms with Crippen LogP contribution in [0.15, 0.2) is 48.5 Å². The van der Waals surface area contributed by atoms with Crippen molar-refractivity contribution in [3.05, 3.63) is 65.5 Å². The number of rotatable bonds is 10. The highest BCUT2D eigenvalue weighted by Gasteiger charge is 2.46. The van der Waals surface area contributed by atoms with Crippen LogP contribution in [0.1, 0.15) is 36.8 Å². The Hall–Kier alpha value is -2.38. The van der Waals surface area contributed by atoms with Gasteiger partial charge < -0.3 is 9.64 Å². The van der Waals surface area contributed by atoms with Gasteiger partial charge in [0.1, 0.15) is 11.6 Å². The van der Waals surface area contributed by atoms with Crippen LogP contribution in [0, 0.1) is 23.1 Å². The van der Waals surface area contributed by atoms with Crippen LogP contribution < -0.4 is 4.74 Å². The maximum absolute atomic E-state index is 13.0. The fraction of sp³-hybridized carbons (Fsp3) is 0.458. The molecular formula is C24H29FN2O. The Bertz CT molecular complexity index is 793. The Balaban J connectivity index is 1.55. The van der Waals surface area contributed by atoms with E-state index in [1.165, 1.54) is 12.1 Å². The van der Waals surface area contributed by atoms with Gasteiger partial charge in [-0.1, -0.05) is 24.3 Å². The third-order valence-electron chi connectivity index (χ3n) is 5.89. The van der Waals surface area contributed by atoms with Crippen LogP contribution >= 0.6 is 0 Å². The zero-order valence-corrected chi connectivity index (χ0v) is 16.8. The van der Waals surface area contributed by atoms with Gasteiger partial charge in [-0.15, -0.1) is 0 Å². The Morgan fingerprint density at radius 3 is 2.36 bits per heavy atom. The Morgan fingerprint density at radius 2 is 1.79 bits per heavy atom. The van der Waals surface area contributed by atoms with Crippen molar-refractivity contribution in [1.29, 1.82) is 5.26 Å². The van der Waals surface area contributed by atoms with Crippen molar-refractivity contribution in [1.82, 2.24) is 4.90 Å². The van der Waals surface area contributed by atoms with Crippen molar-refractivity contribution in [2.24, 2.45) is 5.92 Å². The van der Waals surface area contributed by atoms with Crippen LogP contribution in [0.25, 0.3) is 0 Å². The summed E-state index contributed by atoms with van der Waals surface area (Å²) in [6.07, 6.45) is 5.04. The summed E-state index contributed by atoms with van der Waals surface area (Å²) in [4.78, 5) is 2.30. The van der Waals surface area contributed by atoms with E-state index in [0.29, 0.717) is 5.92 Å². The van der Waals surface area contributed by atoms with Crippen molar-refractivity contribution in [3.8, 4) is 11.8 Å². The molecule has 1 unspecified atom stereocenters. The summed E-state index contributed by atoms with van der Waals surface area (Å²) in [5.74, 6) is 1.10. The molecule has 148 valence electrons. The van der Waals surface area contributed by atoms with Gasteiger partial charge in [0, 0.05) is 6.54 Å². The van der Waals surface area contributed by atoms with E-state index in [9.17, 15) is 9.65 Å². The lowest BCUT2D eigenvalue weighted by Gasteiger charge is -2.28. The predicted octanol–water partition coefficient (Wildman–Crippen LogP) is 4.96. The quantitative estimate of drug-likeness (QED) is 0.584. The summed E-state index contributed by atoms with van der Waals surface area (Å²) in [5.41, 5.74) is 1.88. The normalized spacial score (nSPS) is 15.8. The van der Waals surface area contributed by atoms with Crippen LogP contribution in [0.4, 0.5) is 4.39 Å². The van der Waals surface area contributed by atoms with Gasteiger partial charge in [0.05, 0.1) is 18.6 Å². The molecule has 2 aromatic carbocycles. The largest absolute Gasteiger partial charge is 0.497 e. The first-order valence-electron chi connectivity index (χ1n) is 10.1. The summed E-state index contributed by atoms with van der Waals surface area (Å²) in [7, 11) is 3.78. The van der Waals surface area contributed by atoms with E-state index < -0.39 is 0 Å². The molecule has 3 rings (SSSR count). The lowest BCUT2D eigenvalue weighted by molar-refractivity contribution is 0.308. The highest BCUT2D eigenvalue weighted by Crippen LogP contribution is 2.50. The summed E-state index contributed by atoms with van der Waals surface area (Å²) in [6, 6.07) is 17.4. The number of hydrogen-bond acceptors (Lipinski definition) is 3. The Morgan fingerprint density at radius 1 is 1.11 bits per heavy atom. The van der Waals surface area contributed by atoms with Gasteiger partial charge in [-0.3, -0.25) is 0 Å². The topological polar surface area (TPSA) is 36.3 Å². The number of hydrogen-bond donors (Lipinski definition) is 0. The van der Waals surface area contributed by atoms with Crippen molar-refractivity contribution < 1.29 is 9.13 Å². The molecule has 0 heterocycles. The molecule has 0 radical (unpaired) electrons. The molecule has 0 spiro atoms. The van der Waals surface area contributed by atoms with Gasteiger partial charge in [0.2, 0.25) is 0 Å². The zero-order valence-electron chi connectivity index (χ0n) is 16.8. The summed E-state index contributed by atoms with van der Waals surface area (Å²) < 4.78 is 18.3. The molecule has 4 heteroatoms. The molecule has 1 aliphatic rings. The number of nitrogens with zero attached hydrogens (tertiary/aromatic N) is 2. The SMILES string of the molecule is COc1ccc(C(C#N)(CCCN(C)CCc2ccc(F)cc2)C2CC2)cc1. The molecule has 0 aliphatic heterocycles. The van der Waals surface area contributed by atoms with Gasteiger partial charge in [0.25, 0.3) is 0 Å². The summed E-state index contributed by atoms with van der Waals surface area (Å²) in [5, 5.41) is 10.1. The zero-order chi connectivity index (χ0) is 20.0. The average Bonchev–Trinajstić information content (AvgIpc) is 3.57. The Kier molecular flexibility index (Phi) is 6.70. The monoisotopic (exact) mass is 380 g/mol. The van der Waals surface area contributed by atoms with Gasteiger partial charge in [0.15, 0.2) is 0 Å². The van der Waals surface area contributed by atoms with Crippen molar-refractivity contribution in [2.45, 2.75) is 37.5 Å². The fourth-order valence-corrected chi connectivity index (χ4v) is 3.97. The second-order valence-corrected chi connectivity index (χ2v) is 7.87. The molecule has 3 nitrogen and oxygen atoms in total. The maximum Gasteiger partial charge on any atom is 0.123 e. The molecule has 2 aromatic rings. The average molecular weight is 381 g/mol. The van der Waals surface area contributed by atoms with E-state index in [0.717, 1.165) is 62.1 Å². The number of nitriles is 1. The van der Waals surface area contributed by atoms with Gasteiger partial charge in [-0.25, -0.2) is 4.39 Å². The lowest BCUT2D eigenvalue weighted by Crippen LogP contribution is -2.29. The third-order valence-corrected chi connectivity index (χ3v) is 5.89. The van der Waals surface area contributed by atoms with Gasteiger partial charge in [-0.05, 0) is 87.0 Å². The van der Waals surface area contributed by atoms with Gasteiger partial charge >= 0.3 is 0 Å². The van der Waals surface area contributed by atoms with E-state index in [1.807, 2.05) is 24.3 Å². The molecule has 0 aromatic heterocycles. The molecule has 1 aliphatic carbocycles. The van der Waals surface area contributed by atoms with Crippen LogP contribution in [0.5, 0.6) is 5.75 Å². The lowest BCUT2D eigenvalue weighted by atomic mass is 9.73. The molecule has 1 atom stereocenters. The first-order chi connectivity index (χ1) is 13.6. The number of methoxy groups -OCH3 is 1. The van der Waals surface area contributed by atoms with E-state index >= 15 is 0 Å². The fourth-order valence-electron chi connectivity index (χ4n) is 3.97. The second kappa shape index (κ2) is 9.21. The number of likely N-dealkylation sites (N-methyl/N-ethyl adjacent to an activating group) is 1. The second-order valence-electron chi connectivity index (χ2n) is 7.87. The van der Waals surface area contributed by atoms with Crippen molar-refractivity contribution in [2.75, 3.05) is 27.2 Å². The molecule has 1 fully saturated rings. The van der Waals surface area contributed by atoms with E-state index in [1.54, 1.807) is 7.11 Å². The predicted molar refractivity (Wildman–Crippen MR) is 110 cm³/mol. The summed E-state index contributed by atoms with van der Waals surface area (Å²) >= 11 is 0. The van der Waals surface area contributed by atoms with Crippen LogP contribution in [-0.2, 0) is 11.8 Å². The molecule has 0 bridgehead atoms. The standard InChI is InChI=1S/C24H29FN2O/c1-27(17-14-19-4-10-22(25)11-5-19)16-3-15-24(18-26,20-6-7-20)21-8-12-23(28-2)13-9-21/h4-5,8-13,20H,3,6-7,14-17H2,1-2H3. The minimum absolute atomic E-state index is 0.191. The van der Waals surface area contributed by atoms with Gasteiger partial charge in [-0.2, -0.15) is 5.26 Å². The van der Waals surface area contributed by atoms with Crippen molar-refractivity contribution >= 4 is 0 Å². The van der Waals surface area contributed by atoms with E-state index in [4.69, 9.17) is 4.74 Å². The minimum Gasteiger partial charge on any atom is -0.497 e. The maximum atomic E-state index is 13.0. The van der Waals surface area contributed by atoms with Crippen LogP contribution in [0.3, 0.4) is 0 Å². The summed E-state index contributed by atoms with van der Waals surface area (Å²) in [6.45, 7) is 1.88. The molecule has 0 amide bonds. The highest BCUT2D eigenvalue weighted by atomic mass is 19.1. The number of halogens is 1.